The number of carbonyl (C=O) groups is 1. The molecule has 10 heteroatoms. The average molecular weight is 431 g/mol. The van der Waals surface area contributed by atoms with Crippen LogP contribution in [-0.2, 0) is 4.79 Å². The highest BCUT2D eigenvalue weighted by Gasteiger charge is 2.48. The summed E-state index contributed by atoms with van der Waals surface area (Å²) in [4.78, 5) is 12.6. The molecule has 162 valence electrons. The third-order valence-corrected chi connectivity index (χ3v) is 5.17. The summed E-state index contributed by atoms with van der Waals surface area (Å²) in [5, 5.41) is 13.6. The molecule has 0 spiro atoms. The van der Waals surface area contributed by atoms with Crippen LogP contribution < -0.4 is 10.6 Å². The standard InChI is InChI=1S/C20H19F6N3O/c21-14-5-1-12(2-6-14)16(20(24,25)26)28-15(7-8-19(22,23)13-3-4-13)17(30)29-18(11-27)9-10-18/h1-3,5-6,15-16,28H,4,7-10H2,(H,29,30)/t15-,16-/m0/s1. The molecule has 2 aliphatic rings. The first-order chi connectivity index (χ1) is 14.0. The Balaban J connectivity index is 1.81. The summed E-state index contributed by atoms with van der Waals surface area (Å²) in [5.41, 5.74) is -1.63. The van der Waals surface area contributed by atoms with Crippen LogP contribution in [0.4, 0.5) is 26.3 Å². The van der Waals surface area contributed by atoms with Crippen molar-refractivity contribution in [2.75, 3.05) is 0 Å². The molecule has 0 aromatic heterocycles. The van der Waals surface area contributed by atoms with Gasteiger partial charge in [0.2, 0.25) is 5.91 Å². The molecule has 0 unspecified atom stereocenters. The lowest BCUT2D eigenvalue weighted by Gasteiger charge is -2.29. The Morgan fingerprint density at radius 1 is 1.17 bits per heavy atom. The largest absolute Gasteiger partial charge is 0.407 e. The number of carbonyl (C=O) groups excluding carboxylic acids is 1. The topological polar surface area (TPSA) is 64.9 Å². The molecule has 0 saturated heterocycles. The highest BCUT2D eigenvalue weighted by Crippen LogP contribution is 2.41. The van der Waals surface area contributed by atoms with Crippen molar-refractivity contribution >= 4 is 5.91 Å². The minimum absolute atomic E-state index is 0.108. The van der Waals surface area contributed by atoms with Crippen molar-refractivity contribution in [3.05, 3.63) is 47.3 Å². The van der Waals surface area contributed by atoms with Crippen LogP contribution >= 0.6 is 0 Å². The van der Waals surface area contributed by atoms with Crippen LogP contribution in [0.1, 0.15) is 43.7 Å². The summed E-state index contributed by atoms with van der Waals surface area (Å²) in [6.45, 7) is 0. The Labute approximate surface area is 168 Å². The second kappa shape index (κ2) is 7.95. The van der Waals surface area contributed by atoms with E-state index in [1.54, 1.807) is 0 Å². The van der Waals surface area contributed by atoms with Gasteiger partial charge < -0.3 is 5.32 Å². The molecule has 0 bridgehead atoms. The number of nitriles is 1. The molecule has 3 rings (SSSR count). The molecular formula is C20H19F6N3O. The molecule has 1 amide bonds. The zero-order valence-electron chi connectivity index (χ0n) is 15.7. The number of nitrogens with zero attached hydrogens (tertiary/aromatic N) is 1. The fourth-order valence-electron chi connectivity index (χ4n) is 3.07. The Morgan fingerprint density at radius 2 is 1.77 bits per heavy atom. The normalized spacial score (nSPS) is 19.3. The van der Waals surface area contributed by atoms with Crippen LogP contribution in [0.15, 0.2) is 35.9 Å². The minimum Gasteiger partial charge on any atom is -0.336 e. The van der Waals surface area contributed by atoms with Crippen LogP contribution in [0.5, 0.6) is 0 Å². The maximum atomic E-state index is 14.0. The van der Waals surface area contributed by atoms with Gasteiger partial charge >= 0.3 is 6.18 Å². The monoisotopic (exact) mass is 431 g/mol. The van der Waals surface area contributed by atoms with Gasteiger partial charge in [-0.1, -0.05) is 18.2 Å². The van der Waals surface area contributed by atoms with Crippen molar-refractivity contribution in [2.45, 2.75) is 61.8 Å². The van der Waals surface area contributed by atoms with Gasteiger partial charge in [0, 0.05) is 6.42 Å². The van der Waals surface area contributed by atoms with Crippen molar-refractivity contribution in [3.8, 4) is 6.07 Å². The summed E-state index contributed by atoms with van der Waals surface area (Å²) in [6, 6.07) is 1.39. The lowest BCUT2D eigenvalue weighted by Crippen LogP contribution is -2.52. The predicted octanol–water partition coefficient (Wildman–Crippen LogP) is 4.31. The molecule has 2 N–H and O–H groups in total. The van der Waals surface area contributed by atoms with E-state index in [0.29, 0.717) is 12.8 Å². The number of nitrogens with one attached hydrogen (secondary N) is 2. The predicted molar refractivity (Wildman–Crippen MR) is 94.7 cm³/mol. The van der Waals surface area contributed by atoms with E-state index in [2.05, 4.69) is 10.6 Å². The molecule has 0 heterocycles. The van der Waals surface area contributed by atoms with Gasteiger partial charge in [-0.25, -0.2) is 13.2 Å². The molecule has 1 aromatic rings. The van der Waals surface area contributed by atoms with E-state index >= 15 is 0 Å². The zero-order chi connectivity index (χ0) is 22.2. The van der Waals surface area contributed by atoms with Crippen molar-refractivity contribution in [1.29, 1.82) is 5.26 Å². The van der Waals surface area contributed by atoms with Crippen molar-refractivity contribution in [2.24, 2.45) is 0 Å². The number of benzene rings is 1. The Morgan fingerprint density at radius 3 is 2.23 bits per heavy atom. The van der Waals surface area contributed by atoms with Crippen LogP contribution in [0.2, 0.25) is 0 Å². The Kier molecular flexibility index (Phi) is 5.87. The maximum Gasteiger partial charge on any atom is 0.407 e. The molecule has 2 atom stereocenters. The van der Waals surface area contributed by atoms with Gasteiger partial charge in [-0.15, -0.1) is 0 Å². The summed E-state index contributed by atoms with van der Waals surface area (Å²) in [5.74, 6) is -4.90. The second-order valence-corrected chi connectivity index (χ2v) is 7.61. The van der Waals surface area contributed by atoms with Gasteiger partial charge in [0.15, 0.2) is 0 Å². The first-order valence-electron chi connectivity index (χ1n) is 9.35. The van der Waals surface area contributed by atoms with E-state index in [1.807, 2.05) is 6.07 Å². The number of amides is 1. The maximum absolute atomic E-state index is 14.0. The van der Waals surface area contributed by atoms with Crippen molar-refractivity contribution in [3.63, 3.8) is 0 Å². The highest BCUT2D eigenvalue weighted by atomic mass is 19.4. The number of allylic oxidation sites excluding steroid dienone is 2. The molecule has 1 saturated carbocycles. The lowest BCUT2D eigenvalue weighted by molar-refractivity contribution is -0.161. The van der Waals surface area contributed by atoms with E-state index in [0.717, 1.165) is 24.3 Å². The van der Waals surface area contributed by atoms with Gasteiger partial charge in [0.05, 0.1) is 12.1 Å². The first-order valence-corrected chi connectivity index (χ1v) is 9.35. The molecule has 30 heavy (non-hydrogen) atoms. The number of hydrogen-bond donors (Lipinski definition) is 2. The van der Waals surface area contributed by atoms with Gasteiger partial charge in [0.25, 0.3) is 5.92 Å². The van der Waals surface area contributed by atoms with E-state index in [9.17, 15) is 31.1 Å². The first kappa shape index (κ1) is 22.2. The fraction of sp³-hybridized carbons (Fsp3) is 0.500. The fourth-order valence-corrected chi connectivity index (χ4v) is 3.07. The summed E-state index contributed by atoms with van der Waals surface area (Å²) >= 11 is 0. The third kappa shape index (κ3) is 5.33. The SMILES string of the molecule is N#CC1(NC(=O)[C@H](CCC(F)(F)C2=CC2)N[C@@H](c2ccc(F)cc2)C(F)(F)F)CC1. The minimum atomic E-state index is -4.87. The van der Waals surface area contributed by atoms with Gasteiger partial charge in [0.1, 0.15) is 17.4 Å². The van der Waals surface area contributed by atoms with Crippen LogP contribution in [0.3, 0.4) is 0 Å². The Hall–Kier alpha value is -2.54. The molecule has 4 nitrogen and oxygen atoms in total. The van der Waals surface area contributed by atoms with Gasteiger partial charge in [-0.05, 0) is 49.0 Å². The van der Waals surface area contributed by atoms with E-state index in [-0.39, 0.29) is 17.6 Å². The molecule has 1 fully saturated rings. The smallest absolute Gasteiger partial charge is 0.336 e. The van der Waals surface area contributed by atoms with E-state index in [4.69, 9.17) is 5.26 Å². The van der Waals surface area contributed by atoms with E-state index < -0.39 is 54.3 Å². The summed E-state index contributed by atoms with van der Waals surface area (Å²) in [6.07, 6.45) is -4.14. The van der Waals surface area contributed by atoms with Crippen molar-refractivity contribution < 1.29 is 31.1 Å². The lowest BCUT2D eigenvalue weighted by atomic mass is 10.0. The molecule has 0 aliphatic heterocycles. The number of rotatable bonds is 9. The third-order valence-electron chi connectivity index (χ3n) is 5.17. The van der Waals surface area contributed by atoms with E-state index in [1.165, 1.54) is 6.08 Å². The summed E-state index contributed by atoms with van der Waals surface area (Å²) in [7, 11) is 0. The van der Waals surface area contributed by atoms with Crippen LogP contribution in [0.25, 0.3) is 0 Å². The number of alkyl halides is 5. The van der Waals surface area contributed by atoms with Crippen LogP contribution in [0, 0.1) is 17.1 Å². The zero-order valence-corrected chi connectivity index (χ0v) is 15.7. The van der Waals surface area contributed by atoms with Gasteiger partial charge in [-0.3, -0.25) is 10.1 Å². The second-order valence-electron chi connectivity index (χ2n) is 7.61. The quantitative estimate of drug-likeness (QED) is 0.453. The highest BCUT2D eigenvalue weighted by molar-refractivity contribution is 5.83. The molecule has 0 radical (unpaired) electrons. The molecular weight excluding hydrogens is 412 g/mol. The van der Waals surface area contributed by atoms with Crippen molar-refractivity contribution in [1.82, 2.24) is 10.6 Å². The number of hydrogen-bond acceptors (Lipinski definition) is 3. The van der Waals surface area contributed by atoms with Crippen LogP contribution in [-0.4, -0.2) is 29.6 Å². The Bertz CT molecular complexity index is 868. The molecule has 2 aliphatic carbocycles. The average Bonchev–Trinajstić information content (AvgIpc) is 3.56. The van der Waals surface area contributed by atoms with Gasteiger partial charge in [-0.2, -0.15) is 18.4 Å². The number of halogens is 6. The molecule has 1 aromatic carbocycles. The summed E-state index contributed by atoms with van der Waals surface area (Å²) < 4.78 is 82.2.